The Morgan fingerprint density at radius 2 is 1.26 bits per heavy atom. The molecule has 0 aliphatic heterocycles. The van der Waals surface area contributed by atoms with E-state index in [4.69, 9.17) is 0 Å². The van der Waals surface area contributed by atoms with Gasteiger partial charge in [0.25, 0.3) is 0 Å². The summed E-state index contributed by atoms with van der Waals surface area (Å²) in [4.78, 5) is 7.43. The molecule has 0 saturated heterocycles. The highest BCUT2D eigenvalue weighted by molar-refractivity contribution is 6.24. The molecule has 0 radical (unpaired) electrons. The fourth-order valence-electron chi connectivity index (χ4n) is 6.13. The number of aromatic amines is 2. The molecule has 3 nitrogen and oxygen atoms in total. The van der Waals surface area contributed by atoms with Gasteiger partial charge in [-0.3, -0.25) is 0 Å². The molecule has 3 heterocycles. The van der Waals surface area contributed by atoms with E-state index >= 15 is 0 Å². The van der Waals surface area contributed by atoms with Crippen molar-refractivity contribution in [2.24, 2.45) is 0 Å². The van der Waals surface area contributed by atoms with Crippen LogP contribution in [0.25, 0.3) is 65.4 Å². The fourth-order valence-corrected chi connectivity index (χ4v) is 6.13. The van der Waals surface area contributed by atoms with Crippen molar-refractivity contribution in [2.45, 2.75) is 52.0 Å². The summed E-state index contributed by atoms with van der Waals surface area (Å²) in [5.41, 5.74) is 7.59. The lowest BCUT2D eigenvalue weighted by atomic mass is 10.1. The molecule has 7 aromatic rings. The highest BCUT2D eigenvalue weighted by atomic mass is 15.0. The molecule has 35 heavy (non-hydrogen) atoms. The molecule has 0 bridgehead atoms. The lowest BCUT2D eigenvalue weighted by Crippen LogP contribution is -1.98. The van der Waals surface area contributed by atoms with Crippen molar-refractivity contribution in [3.8, 4) is 0 Å². The first-order chi connectivity index (χ1) is 17.3. The maximum atomic E-state index is 3.78. The molecule has 0 saturated carbocycles. The number of fused-ring (bicyclic) bond motifs is 10. The summed E-state index contributed by atoms with van der Waals surface area (Å²) in [6, 6.07) is 26.8. The van der Waals surface area contributed by atoms with Gasteiger partial charge in [-0.2, -0.15) is 0 Å². The van der Waals surface area contributed by atoms with Gasteiger partial charge in [0.2, 0.25) is 0 Å². The van der Waals surface area contributed by atoms with Crippen LogP contribution in [-0.4, -0.2) is 14.5 Å². The molecule has 0 atom stereocenters. The van der Waals surface area contributed by atoms with E-state index in [0.717, 1.165) is 6.54 Å². The van der Waals surface area contributed by atoms with Gasteiger partial charge in [0, 0.05) is 60.9 Å². The Hall–Kier alpha value is -3.72. The van der Waals surface area contributed by atoms with E-state index in [1.807, 2.05) is 0 Å². The van der Waals surface area contributed by atoms with Gasteiger partial charge in [-0.1, -0.05) is 87.6 Å². The summed E-state index contributed by atoms with van der Waals surface area (Å²) in [6.07, 6.45) is 7.84. The molecule has 0 aliphatic carbocycles. The fraction of sp³-hybridized carbons (Fsp3) is 0.250. The first-order valence-electron chi connectivity index (χ1n) is 13.2. The van der Waals surface area contributed by atoms with E-state index in [2.05, 4.69) is 94.3 Å². The van der Waals surface area contributed by atoms with E-state index in [1.165, 1.54) is 104 Å². The van der Waals surface area contributed by atoms with Gasteiger partial charge in [0.05, 0.1) is 11.0 Å². The van der Waals surface area contributed by atoms with Crippen LogP contribution in [0.15, 0.2) is 72.8 Å². The van der Waals surface area contributed by atoms with Crippen LogP contribution in [0, 0.1) is 0 Å². The molecule has 0 unspecified atom stereocenters. The van der Waals surface area contributed by atoms with Gasteiger partial charge in [0.1, 0.15) is 0 Å². The van der Waals surface area contributed by atoms with Gasteiger partial charge >= 0.3 is 0 Å². The number of aryl methyl sites for hydroxylation is 1. The van der Waals surface area contributed by atoms with E-state index in [-0.39, 0.29) is 0 Å². The monoisotopic (exact) mass is 457 g/mol. The quantitative estimate of drug-likeness (QED) is 0.224. The Labute approximate surface area is 204 Å². The second-order valence-electron chi connectivity index (χ2n) is 10.1. The summed E-state index contributed by atoms with van der Waals surface area (Å²) in [5.74, 6) is 0. The van der Waals surface area contributed by atoms with Crippen LogP contribution >= 0.6 is 0 Å². The van der Waals surface area contributed by atoms with Gasteiger partial charge < -0.3 is 14.5 Å². The Morgan fingerprint density at radius 1 is 0.571 bits per heavy atom. The van der Waals surface area contributed by atoms with E-state index in [1.54, 1.807) is 0 Å². The van der Waals surface area contributed by atoms with E-state index in [0.29, 0.717) is 0 Å². The first-order valence-corrected chi connectivity index (χ1v) is 13.2. The minimum Gasteiger partial charge on any atom is -0.354 e. The summed E-state index contributed by atoms with van der Waals surface area (Å²) >= 11 is 0. The van der Waals surface area contributed by atoms with Crippen molar-refractivity contribution in [3.05, 3.63) is 72.8 Å². The Morgan fingerprint density at radius 3 is 2.09 bits per heavy atom. The molecule has 0 spiro atoms. The van der Waals surface area contributed by atoms with Crippen molar-refractivity contribution >= 4 is 65.4 Å². The molecule has 174 valence electrons. The molecule has 0 aliphatic rings. The highest BCUT2D eigenvalue weighted by Crippen LogP contribution is 2.39. The molecular formula is C32H31N3. The smallest absolute Gasteiger partial charge is 0.0737 e. The highest BCUT2D eigenvalue weighted by Gasteiger charge is 2.18. The van der Waals surface area contributed by atoms with Crippen molar-refractivity contribution < 1.29 is 0 Å². The molecule has 0 fully saturated rings. The van der Waals surface area contributed by atoms with Crippen molar-refractivity contribution in [1.82, 2.24) is 14.5 Å². The average Bonchev–Trinajstić information content (AvgIpc) is 3.54. The Balaban J connectivity index is 1.48. The van der Waals surface area contributed by atoms with Gasteiger partial charge in [-0.15, -0.1) is 0 Å². The second-order valence-corrected chi connectivity index (χ2v) is 10.1. The van der Waals surface area contributed by atoms with Crippen molar-refractivity contribution in [2.75, 3.05) is 0 Å². The zero-order valence-electron chi connectivity index (χ0n) is 20.3. The number of unbranched alkanes of at least 4 members (excludes halogenated alkanes) is 5. The van der Waals surface area contributed by atoms with Gasteiger partial charge in [-0.05, 0) is 30.7 Å². The minimum absolute atomic E-state index is 1.05. The first kappa shape index (κ1) is 20.6. The third-order valence-electron chi connectivity index (χ3n) is 7.86. The number of hydrogen-bond donors (Lipinski definition) is 2. The van der Waals surface area contributed by atoms with E-state index in [9.17, 15) is 0 Å². The SMILES string of the molecule is CCCCCCCCn1c2cc3c(cc2c2ccc4c5ccccc5[nH]c4c21)[nH]c1ccccc13. The third-order valence-corrected chi connectivity index (χ3v) is 7.86. The average molecular weight is 458 g/mol. The topological polar surface area (TPSA) is 36.5 Å². The number of rotatable bonds is 7. The maximum Gasteiger partial charge on any atom is 0.0737 e. The Kier molecular flexibility index (Phi) is 4.83. The predicted molar refractivity (Wildman–Crippen MR) is 152 cm³/mol. The van der Waals surface area contributed by atoms with Crippen LogP contribution < -0.4 is 0 Å². The summed E-state index contributed by atoms with van der Waals surface area (Å²) in [7, 11) is 0. The minimum atomic E-state index is 1.05. The maximum absolute atomic E-state index is 3.78. The third kappa shape index (κ3) is 3.18. The molecule has 2 N–H and O–H groups in total. The van der Waals surface area contributed by atoms with Crippen LogP contribution in [0.3, 0.4) is 0 Å². The number of hydrogen-bond acceptors (Lipinski definition) is 0. The molecule has 3 aromatic heterocycles. The molecule has 4 aromatic carbocycles. The lowest BCUT2D eigenvalue weighted by Gasteiger charge is -2.09. The standard InChI is InChI=1S/C32H31N3/c1-2-3-4-5-6-11-18-35-30-20-25-22-13-8-9-14-27(22)33-29(25)19-26(30)24-17-16-23-21-12-7-10-15-28(21)34-31(23)32(24)35/h7-10,12-17,19-20,33-34H,2-6,11,18H2,1H3. The van der Waals surface area contributed by atoms with Crippen LogP contribution in [0.1, 0.15) is 45.4 Å². The largest absolute Gasteiger partial charge is 0.354 e. The lowest BCUT2D eigenvalue weighted by molar-refractivity contribution is 0.571. The number of H-pyrrole nitrogens is 2. The molecule has 3 heteroatoms. The normalized spacial score (nSPS) is 12.4. The number of para-hydroxylation sites is 2. The van der Waals surface area contributed by atoms with Gasteiger partial charge in [0.15, 0.2) is 0 Å². The number of aromatic nitrogens is 3. The zero-order valence-corrected chi connectivity index (χ0v) is 20.3. The van der Waals surface area contributed by atoms with Crippen LogP contribution in [-0.2, 0) is 6.54 Å². The van der Waals surface area contributed by atoms with Crippen LogP contribution in [0.5, 0.6) is 0 Å². The summed E-state index contributed by atoms with van der Waals surface area (Å²) < 4.78 is 2.60. The van der Waals surface area contributed by atoms with Crippen LogP contribution in [0.4, 0.5) is 0 Å². The molecular weight excluding hydrogens is 426 g/mol. The summed E-state index contributed by atoms with van der Waals surface area (Å²) in [6.45, 7) is 3.34. The second kappa shape index (κ2) is 8.20. The number of nitrogens with zero attached hydrogens (tertiary/aromatic N) is 1. The van der Waals surface area contributed by atoms with E-state index < -0.39 is 0 Å². The predicted octanol–water partition coefficient (Wildman–Crippen LogP) is 9.42. The Bertz CT molecular complexity index is 1840. The van der Waals surface area contributed by atoms with Crippen molar-refractivity contribution in [1.29, 1.82) is 0 Å². The molecule has 0 amide bonds. The zero-order chi connectivity index (χ0) is 23.4. The summed E-state index contributed by atoms with van der Waals surface area (Å²) in [5, 5.41) is 7.91. The van der Waals surface area contributed by atoms with Crippen molar-refractivity contribution in [3.63, 3.8) is 0 Å². The molecule has 7 rings (SSSR count). The number of benzene rings is 4. The number of nitrogens with one attached hydrogen (secondary N) is 2. The van der Waals surface area contributed by atoms with Gasteiger partial charge in [-0.25, -0.2) is 0 Å². The van der Waals surface area contributed by atoms with Crippen LogP contribution in [0.2, 0.25) is 0 Å².